The number of benzene rings is 1. The van der Waals surface area contributed by atoms with E-state index in [0.717, 1.165) is 19.3 Å². The number of aryl methyl sites for hydroxylation is 1. The van der Waals surface area contributed by atoms with Crippen LogP contribution in [-0.4, -0.2) is 11.2 Å². The quantitative estimate of drug-likeness (QED) is 0.708. The first-order chi connectivity index (χ1) is 6.83. The zero-order valence-electron chi connectivity index (χ0n) is 8.69. The van der Waals surface area contributed by atoms with Gasteiger partial charge in [0.15, 0.2) is 0 Å². The molecule has 1 atom stereocenters. The minimum atomic E-state index is -0.202. The molecule has 0 aliphatic rings. The smallest absolute Gasteiger partial charge is 0.0577 e. The number of rotatable bonds is 5. The van der Waals surface area contributed by atoms with Gasteiger partial charge in [-0.3, -0.25) is 0 Å². The topological polar surface area (TPSA) is 20.2 Å². The van der Waals surface area contributed by atoms with Gasteiger partial charge in [-0.25, -0.2) is 0 Å². The molecule has 0 aliphatic heterocycles. The molecular formula is C13H18O. The van der Waals surface area contributed by atoms with Crippen LogP contribution in [0, 0.1) is 0 Å². The highest BCUT2D eigenvalue weighted by Gasteiger charge is 2.01. The van der Waals surface area contributed by atoms with Crippen molar-refractivity contribution in [1.82, 2.24) is 0 Å². The van der Waals surface area contributed by atoms with E-state index in [1.54, 1.807) is 0 Å². The Morgan fingerprint density at radius 3 is 2.64 bits per heavy atom. The molecule has 0 saturated carbocycles. The summed E-state index contributed by atoms with van der Waals surface area (Å²) < 4.78 is 0. The molecule has 1 N–H and O–H groups in total. The molecule has 0 aromatic heterocycles. The van der Waals surface area contributed by atoms with Gasteiger partial charge in [0.25, 0.3) is 0 Å². The molecule has 0 radical (unpaired) electrons. The lowest BCUT2D eigenvalue weighted by Crippen LogP contribution is -2.06. The molecule has 0 unspecified atom stereocenters. The molecule has 0 fully saturated rings. The van der Waals surface area contributed by atoms with Crippen LogP contribution >= 0.6 is 0 Å². The predicted octanol–water partition coefficient (Wildman–Crippen LogP) is 2.95. The van der Waals surface area contributed by atoms with Crippen molar-refractivity contribution in [2.45, 2.75) is 32.3 Å². The molecule has 0 aliphatic carbocycles. The monoisotopic (exact) mass is 190 g/mol. The summed E-state index contributed by atoms with van der Waals surface area (Å²) in [6.45, 7) is 1.98. The van der Waals surface area contributed by atoms with Gasteiger partial charge in [0, 0.05) is 0 Å². The van der Waals surface area contributed by atoms with Crippen LogP contribution in [0.25, 0.3) is 0 Å². The first-order valence-corrected chi connectivity index (χ1v) is 5.16. The van der Waals surface area contributed by atoms with Crippen LogP contribution in [0.5, 0.6) is 0 Å². The molecule has 1 heteroatoms. The van der Waals surface area contributed by atoms with Crippen molar-refractivity contribution in [3.8, 4) is 0 Å². The third-order valence-corrected chi connectivity index (χ3v) is 2.25. The molecule has 1 aromatic carbocycles. The summed E-state index contributed by atoms with van der Waals surface area (Å²) in [5.74, 6) is 0. The van der Waals surface area contributed by atoms with E-state index in [1.165, 1.54) is 5.56 Å². The largest absolute Gasteiger partial charge is 0.393 e. The van der Waals surface area contributed by atoms with Crippen LogP contribution in [0.3, 0.4) is 0 Å². The highest BCUT2D eigenvalue weighted by Crippen LogP contribution is 2.07. The Morgan fingerprint density at radius 2 is 2.00 bits per heavy atom. The SMILES string of the molecule is C/C=C\C[C@@H](O)CCc1ccccc1. The molecule has 0 saturated heterocycles. The fraction of sp³-hybridized carbons (Fsp3) is 0.385. The Hall–Kier alpha value is -1.08. The van der Waals surface area contributed by atoms with E-state index < -0.39 is 0 Å². The van der Waals surface area contributed by atoms with E-state index in [9.17, 15) is 5.11 Å². The fourth-order valence-electron chi connectivity index (χ4n) is 1.39. The number of allylic oxidation sites excluding steroid dienone is 1. The second-order valence-corrected chi connectivity index (χ2v) is 3.48. The molecule has 0 bridgehead atoms. The van der Waals surface area contributed by atoms with E-state index >= 15 is 0 Å². The second-order valence-electron chi connectivity index (χ2n) is 3.48. The molecule has 1 rings (SSSR count). The minimum Gasteiger partial charge on any atom is -0.393 e. The van der Waals surface area contributed by atoms with Gasteiger partial charge in [0.05, 0.1) is 6.10 Å². The van der Waals surface area contributed by atoms with Gasteiger partial charge in [-0.15, -0.1) is 0 Å². The Balaban J connectivity index is 2.27. The zero-order chi connectivity index (χ0) is 10.2. The standard InChI is InChI=1S/C13H18O/c1-2-3-9-13(14)11-10-12-7-5-4-6-8-12/h2-8,13-14H,9-11H2,1H3/b3-2-/t13-/m1/s1. The molecule has 14 heavy (non-hydrogen) atoms. The van der Waals surface area contributed by atoms with E-state index in [1.807, 2.05) is 37.3 Å². The Kier molecular flexibility index (Phi) is 5.02. The van der Waals surface area contributed by atoms with Crippen molar-refractivity contribution >= 4 is 0 Å². The Labute approximate surface area is 86.1 Å². The molecule has 0 spiro atoms. The number of aliphatic hydroxyl groups is 1. The molecule has 1 nitrogen and oxygen atoms in total. The van der Waals surface area contributed by atoms with E-state index in [0.29, 0.717) is 0 Å². The highest BCUT2D eigenvalue weighted by atomic mass is 16.3. The average Bonchev–Trinajstić information content (AvgIpc) is 2.25. The number of hydrogen-bond acceptors (Lipinski definition) is 1. The molecule has 76 valence electrons. The summed E-state index contributed by atoms with van der Waals surface area (Å²) >= 11 is 0. The summed E-state index contributed by atoms with van der Waals surface area (Å²) in [5, 5.41) is 9.59. The molecule has 0 heterocycles. The number of aliphatic hydroxyl groups excluding tert-OH is 1. The lowest BCUT2D eigenvalue weighted by Gasteiger charge is -2.07. The summed E-state index contributed by atoms with van der Waals surface area (Å²) in [6.07, 6.45) is 6.35. The first kappa shape index (κ1) is 11.0. The fourth-order valence-corrected chi connectivity index (χ4v) is 1.39. The van der Waals surface area contributed by atoms with Crippen LogP contribution in [0.4, 0.5) is 0 Å². The minimum absolute atomic E-state index is 0.202. The third kappa shape index (κ3) is 4.24. The summed E-state index contributed by atoms with van der Waals surface area (Å²) in [7, 11) is 0. The van der Waals surface area contributed by atoms with Crippen molar-refractivity contribution in [3.63, 3.8) is 0 Å². The van der Waals surface area contributed by atoms with Crippen LogP contribution in [0.15, 0.2) is 42.5 Å². The van der Waals surface area contributed by atoms with E-state index in [4.69, 9.17) is 0 Å². The van der Waals surface area contributed by atoms with Gasteiger partial charge < -0.3 is 5.11 Å². The highest BCUT2D eigenvalue weighted by molar-refractivity contribution is 5.14. The van der Waals surface area contributed by atoms with Crippen molar-refractivity contribution < 1.29 is 5.11 Å². The van der Waals surface area contributed by atoms with Crippen molar-refractivity contribution in [1.29, 1.82) is 0 Å². The maximum absolute atomic E-state index is 9.59. The van der Waals surface area contributed by atoms with E-state index in [-0.39, 0.29) is 6.10 Å². The van der Waals surface area contributed by atoms with Gasteiger partial charge in [-0.2, -0.15) is 0 Å². The van der Waals surface area contributed by atoms with Gasteiger partial charge in [-0.05, 0) is 31.7 Å². The van der Waals surface area contributed by atoms with Gasteiger partial charge in [0.2, 0.25) is 0 Å². The second kappa shape index (κ2) is 6.39. The van der Waals surface area contributed by atoms with Crippen molar-refractivity contribution in [2.75, 3.05) is 0 Å². The molecular weight excluding hydrogens is 172 g/mol. The number of hydrogen-bond donors (Lipinski definition) is 1. The van der Waals surface area contributed by atoms with Crippen molar-refractivity contribution in [3.05, 3.63) is 48.0 Å². The van der Waals surface area contributed by atoms with Gasteiger partial charge >= 0.3 is 0 Å². The van der Waals surface area contributed by atoms with Crippen LogP contribution < -0.4 is 0 Å². The maximum atomic E-state index is 9.59. The predicted molar refractivity (Wildman–Crippen MR) is 60.2 cm³/mol. The van der Waals surface area contributed by atoms with Gasteiger partial charge in [0.1, 0.15) is 0 Å². The summed E-state index contributed by atoms with van der Waals surface area (Å²) in [4.78, 5) is 0. The molecule has 1 aromatic rings. The van der Waals surface area contributed by atoms with Crippen LogP contribution in [0.1, 0.15) is 25.3 Å². The normalized spacial score (nSPS) is 13.3. The van der Waals surface area contributed by atoms with Crippen molar-refractivity contribution in [2.24, 2.45) is 0 Å². The van der Waals surface area contributed by atoms with E-state index in [2.05, 4.69) is 12.1 Å². The average molecular weight is 190 g/mol. The Bertz CT molecular complexity index is 264. The zero-order valence-corrected chi connectivity index (χ0v) is 8.69. The first-order valence-electron chi connectivity index (χ1n) is 5.16. The Morgan fingerprint density at radius 1 is 1.29 bits per heavy atom. The van der Waals surface area contributed by atoms with Crippen LogP contribution in [0.2, 0.25) is 0 Å². The maximum Gasteiger partial charge on any atom is 0.0577 e. The summed E-state index contributed by atoms with van der Waals surface area (Å²) in [6, 6.07) is 10.3. The molecule has 0 amide bonds. The summed E-state index contributed by atoms with van der Waals surface area (Å²) in [5.41, 5.74) is 1.30. The van der Waals surface area contributed by atoms with Gasteiger partial charge in [-0.1, -0.05) is 42.5 Å². The van der Waals surface area contributed by atoms with Crippen LogP contribution in [-0.2, 0) is 6.42 Å². The third-order valence-electron chi connectivity index (χ3n) is 2.25. The lowest BCUT2D eigenvalue weighted by molar-refractivity contribution is 0.168. The lowest BCUT2D eigenvalue weighted by atomic mass is 10.1.